The maximum atomic E-state index is 11.4. The van der Waals surface area contributed by atoms with E-state index in [1.165, 1.54) is 6.08 Å². The second-order valence-electron chi connectivity index (χ2n) is 4.05. The summed E-state index contributed by atoms with van der Waals surface area (Å²) in [5.41, 5.74) is 1.41. The Kier molecular flexibility index (Phi) is 6.24. The zero-order valence-electron chi connectivity index (χ0n) is 11.3. The molecule has 0 heterocycles. The van der Waals surface area contributed by atoms with Crippen LogP contribution in [0.3, 0.4) is 0 Å². The number of rotatable bonds is 6. The van der Waals surface area contributed by atoms with Crippen LogP contribution in [0.4, 0.5) is 0 Å². The Morgan fingerprint density at radius 1 is 1.45 bits per heavy atom. The quantitative estimate of drug-likeness (QED) is 0.779. The number of aryl methyl sites for hydroxylation is 1. The summed E-state index contributed by atoms with van der Waals surface area (Å²) in [5, 5.41) is 11.3. The second kappa shape index (κ2) is 7.69. The van der Waals surface area contributed by atoms with E-state index in [-0.39, 0.29) is 12.5 Å². The van der Waals surface area contributed by atoms with Crippen molar-refractivity contribution in [2.75, 3.05) is 13.2 Å². The summed E-state index contributed by atoms with van der Waals surface area (Å²) in [6.07, 6.45) is 2.47. The Hall–Kier alpha value is -1.82. The van der Waals surface area contributed by atoms with Gasteiger partial charge in [-0.1, -0.05) is 15.9 Å². The van der Waals surface area contributed by atoms with Crippen LogP contribution in [-0.2, 0) is 9.59 Å². The minimum absolute atomic E-state index is 0.107. The summed E-state index contributed by atoms with van der Waals surface area (Å²) >= 11 is 3.34. The fourth-order valence-corrected chi connectivity index (χ4v) is 2.21. The predicted molar refractivity (Wildman–Crippen MR) is 79.7 cm³/mol. The number of hydrogen-bond acceptors (Lipinski definition) is 3. The van der Waals surface area contributed by atoms with E-state index in [1.807, 2.05) is 19.9 Å². The van der Waals surface area contributed by atoms with E-state index in [0.717, 1.165) is 16.1 Å². The number of carbonyl (C=O) groups excluding carboxylic acids is 1. The van der Waals surface area contributed by atoms with Gasteiger partial charge in [-0.25, -0.2) is 4.79 Å². The van der Waals surface area contributed by atoms with Gasteiger partial charge in [0.15, 0.2) is 6.61 Å². The molecule has 5 nitrogen and oxygen atoms in total. The highest BCUT2D eigenvalue weighted by Gasteiger charge is 2.09. The van der Waals surface area contributed by atoms with Crippen LogP contribution in [0.15, 0.2) is 22.7 Å². The largest absolute Gasteiger partial charge is 0.483 e. The van der Waals surface area contributed by atoms with Crippen LogP contribution in [0.5, 0.6) is 5.75 Å². The van der Waals surface area contributed by atoms with Gasteiger partial charge >= 0.3 is 5.97 Å². The maximum Gasteiger partial charge on any atom is 0.328 e. The molecule has 108 valence electrons. The SMILES string of the molecule is CCNC(=O)COc1c(C)cc(Br)cc1/C=C/C(=O)O. The van der Waals surface area contributed by atoms with Crippen molar-refractivity contribution in [3.05, 3.63) is 33.8 Å². The highest BCUT2D eigenvalue weighted by Crippen LogP contribution is 2.29. The van der Waals surface area contributed by atoms with Crippen molar-refractivity contribution in [1.29, 1.82) is 0 Å². The molecule has 0 bridgehead atoms. The molecule has 2 N–H and O–H groups in total. The van der Waals surface area contributed by atoms with Crippen molar-refractivity contribution in [1.82, 2.24) is 5.32 Å². The molecule has 0 aromatic heterocycles. The maximum absolute atomic E-state index is 11.4. The van der Waals surface area contributed by atoms with E-state index in [0.29, 0.717) is 17.9 Å². The molecule has 1 aromatic carbocycles. The van der Waals surface area contributed by atoms with Crippen LogP contribution < -0.4 is 10.1 Å². The summed E-state index contributed by atoms with van der Waals surface area (Å²) in [7, 11) is 0. The average Bonchev–Trinajstić information content (AvgIpc) is 2.35. The van der Waals surface area contributed by atoms with Gasteiger partial charge in [0.05, 0.1) is 0 Å². The lowest BCUT2D eigenvalue weighted by molar-refractivity contribution is -0.131. The van der Waals surface area contributed by atoms with E-state index < -0.39 is 5.97 Å². The number of carboxylic acids is 1. The molecular formula is C14H16BrNO4. The molecule has 0 saturated carbocycles. The first kappa shape index (κ1) is 16.2. The van der Waals surface area contributed by atoms with Gasteiger partial charge in [-0.15, -0.1) is 0 Å². The van der Waals surface area contributed by atoms with E-state index in [1.54, 1.807) is 6.07 Å². The van der Waals surface area contributed by atoms with Gasteiger partial charge in [-0.2, -0.15) is 0 Å². The van der Waals surface area contributed by atoms with Crippen molar-refractivity contribution in [3.8, 4) is 5.75 Å². The summed E-state index contributed by atoms with van der Waals surface area (Å²) in [4.78, 5) is 22.0. The number of amides is 1. The molecule has 0 unspecified atom stereocenters. The van der Waals surface area contributed by atoms with Gasteiger partial charge in [0.1, 0.15) is 5.75 Å². The molecule has 0 aliphatic heterocycles. The van der Waals surface area contributed by atoms with Crippen molar-refractivity contribution in [2.45, 2.75) is 13.8 Å². The third-order valence-electron chi connectivity index (χ3n) is 2.40. The fraction of sp³-hybridized carbons (Fsp3) is 0.286. The number of aliphatic carboxylic acids is 1. The van der Waals surface area contributed by atoms with Gasteiger partial charge in [0.2, 0.25) is 0 Å². The lowest BCUT2D eigenvalue weighted by atomic mass is 10.1. The minimum Gasteiger partial charge on any atom is -0.483 e. The molecule has 1 aromatic rings. The van der Waals surface area contributed by atoms with Gasteiger partial charge < -0.3 is 15.2 Å². The van der Waals surface area contributed by atoms with Crippen LogP contribution in [0.2, 0.25) is 0 Å². The monoisotopic (exact) mass is 341 g/mol. The first-order valence-corrected chi connectivity index (χ1v) is 6.84. The summed E-state index contributed by atoms with van der Waals surface area (Å²) in [5.74, 6) is -0.766. The third-order valence-corrected chi connectivity index (χ3v) is 2.85. The van der Waals surface area contributed by atoms with Crippen molar-refractivity contribution < 1.29 is 19.4 Å². The molecule has 1 rings (SSSR count). The number of likely N-dealkylation sites (N-methyl/N-ethyl adjacent to an activating group) is 1. The minimum atomic E-state index is -1.04. The molecule has 0 aliphatic carbocycles. The van der Waals surface area contributed by atoms with E-state index in [2.05, 4.69) is 21.2 Å². The molecule has 0 radical (unpaired) electrons. The summed E-state index contributed by atoms with van der Waals surface area (Å²) < 4.78 is 6.30. The van der Waals surface area contributed by atoms with E-state index in [9.17, 15) is 9.59 Å². The lowest BCUT2D eigenvalue weighted by Gasteiger charge is -2.12. The molecule has 1 amide bonds. The number of carbonyl (C=O) groups is 2. The van der Waals surface area contributed by atoms with Crippen LogP contribution in [0.1, 0.15) is 18.1 Å². The van der Waals surface area contributed by atoms with Crippen molar-refractivity contribution in [2.24, 2.45) is 0 Å². The topological polar surface area (TPSA) is 75.6 Å². The molecule has 20 heavy (non-hydrogen) atoms. The second-order valence-corrected chi connectivity index (χ2v) is 4.97. The number of hydrogen-bond donors (Lipinski definition) is 2. The first-order valence-electron chi connectivity index (χ1n) is 6.04. The molecule has 0 aliphatic rings. The zero-order chi connectivity index (χ0) is 15.1. The molecular weight excluding hydrogens is 326 g/mol. The normalized spacial score (nSPS) is 10.6. The Balaban J connectivity index is 2.98. The Labute approximate surface area is 125 Å². The van der Waals surface area contributed by atoms with Crippen LogP contribution in [-0.4, -0.2) is 30.1 Å². The molecule has 0 saturated heterocycles. The van der Waals surface area contributed by atoms with Crippen LogP contribution in [0, 0.1) is 6.92 Å². The van der Waals surface area contributed by atoms with Crippen LogP contribution in [0.25, 0.3) is 6.08 Å². The fourth-order valence-electron chi connectivity index (χ4n) is 1.62. The highest BCUT2D eigenvalue weighted by molar-refractivity contribution is 9.10. The Bertz CT molecular complexity index is 540. The lowest BCUT2D eigenvalue weighted by Crippen LogP contribution is -2.28. The number of carboxylic acid groups (broad SMARTS) is 1. The summed E-state index contributed by atoms with van der Waals surface area (Å²) in [6.45, 7) is 4.08. The van der Waals surface area contributed by atoms with Crippen molar-refractivity contribution >= 4 is 33.9 Å². The molecule has 6 heteroatoms. The Morgan fingerprint density at radius 3 is 2.75 bits per heavy atom. The van der Waals surface area contributed by atoms with Gasteiger partial charge in [-0.3, -0.25) is 4.79 Å². The first-order chi connectivity index (χ1) is 9.43. The van der Waals surface area contributed by atoms with Crippen LogP contribution >= 0.6 is 15.9 Å². The smallest absolute Gasteiger partial charge is 0.328 e. The number of ether oxygens (including phenoxy) is 1. The summed E-state index contributed by atoms with van der Waals surface area (Å²) in [6, 6.07) is 3.57. The number of halogens is 1. The highest BCUT2D eigenvalue weighted by atomic mass is 79.9. The van der Waals surface area contributed by atoms with E-state index in [4.69, 9.17) is 9.84 Å². The van der Waals surface area contributed by atoms with E-state index >= 15 is 0 Å². The standard InChI is InChI=1S/C14H16BrNO4/c1-3-16-12(17)8-20-14-9(2)6-11(15)7-10(14)4-5-13(18)19/h4-7H,3,8H2,1-2H3,(H,16,17)(H,18,19)/b5-4+. The van der Waals surface area contributed by atoms with Gasteiger partial charge in [0.25, 0.3) is 5.91 Å². The average molecular weight is 342 g/mol. The molecule has 0 fully saturated rings. The van der Waals surface area contributed by atoms with Gasteiger partial charge in [-0.05, 0) is 37.6 Å². The molecule has 0 atom stereocenters. The third kappa shape index (κ3) is 5.05. The van der Waals surface area contributed by atoms with Crippen molar-refractivity contribution in [3.63, 3.8) is 0 Å². The molecule has 0 spiro atoms. The number of benzene rings is 1. The Morgan fingerprint density at radius 2 is 2.15 bits per heavy atom. The zero-order valence-corrected chi connectivity index (χ0v) is 12.9. The predicted octanol–water partition coefficient (Wildman–Crippen LogP) is 2.37. The number of nitrogens with one attached hydrogen (secondary N) is 1. The van der Waals surface area contributed by atoms with Gasteiger partial charge in [0, 0.05) is 22.7 Å².